The Kier molecular flexibility index (Phi) is 4.89. The van der Waals surface area contributed by atoms with Gasteiger partial charge < -0.3 is 14.4 Å². The summed E-state index contributed by atoms with van der Waals surface area (Å²) in [6, 6.07) is 20.3. The summed E-state index contributed by atoms with van der Waals surface area (Å²) in [7, 11) is 5.25. The summed E-state index contributed by atoms with van der Waals surface area (Å²) in [6.07, 6.45) is 1.78. The maximum atomic E-state index is 12.8. The van der Waals surface area contributed by atoms with Crippen molar-refractivity contribution >= 4 is 23.2 Å². The molecule has 2 amide bonds. The second-order valence-electron chi connectivity index (χ2n) is 6.12. The van der Waals surface area contributed by atoms with Crippen LogP contribution in [0.3, 0.4) is 0 Å². The van der Waals surface area contributed by atoms with Crippen molar-refractivity contribution in [3.8, 4) is 0 Å². The Balaban J connectivity index is 1.85. The summed E-state index contributed by atoms with van der Waals surface area (Å²) < 4.78 is 1.74. The summed E-state index contributed by atoms with van der Waals surface area (Å²) >= 11 is 0. The van der Waals surface area contributed by atoms with E-state index in [1.807, 2.05) is 48.5 Å². The number of nitrogens with zero attached hydrogens (tertiary/aromatic N) is 3. The lowest BCUT2D eigenvalue weighted by molar-refractivity contribution is 0.0979. The zero-order valence-corrected chi connectivity index (χ0v) is 15.1. The topological polar surface area (TPSA) is 45.6 Å². The van der Waals surface area contributed by atoms with Gasteiger partial charge in [0.05, 0.1) is 5.69 Å². The van der Waals surface area contributed by atoms with E-state index in [0.29, 0.717) is 16.9 Å². The molecule has 0 bridgehead atoms. The van der Waals surface area contributed by atoms with Crippen molar-refractivity contribution in [2.45, 2.75) is 0 Å². The highest BCUT2D eigenvalue weighted by molar-refractivity contribution is 6.08. The first-order valence-electron chi connectivity index (χ1n) is 8.31. The van der Waals surface area contributed by atoms with E-state index in [9.17, 15) is 9.59 Å². The summed E-state index contributed by atoms with van der Waals surface area (Å²) in [4.78, 5) is 28.6. The van der Waals surface area contributed by atoms with Gasteiger partial charge in [0.2, 0.25) is 0 Å². The van der Waals surface area contributed by atoms with Crippen molar-refractivity contribution in [3.63, 3.8) is 0 Å². The Bertz CT molecular complexity index is 917. The molecular formula is C21H21N3O2. The molecule has 3 rings (SSSR count). The van der Waals surface area contributed by atoms with Gasteiger partial charge >= 0.3 is 0 Å². The summed E-state index contributed by atoms with van der Waals surface area (Å²) in [6.45, 7) is 0. The van der Waals surface area contributed by atoms with Gasteiger partial charge in [0, 0.05) is 38.6 Å². The summed E-state index contributed by atoms with van der Waals surface area (Å²) in [5.74, 6) is -0.253. The van der Waals surface area contributed by atoms with Crippen LogP contribution >= 0.6 is 0 Å². The van der Waals surface area contributed by atoms with Crippen LogP contribution in [0.4, 0.5) is 11.4 Å². The van der Waals surface area contributed by atoms with Crippen LogP contribution < -0.4 is 9.80 Å². The van der Waals surface area contributed by atoms with Gasteiger partial charge in [-0.25, -0.2) is 0 Å². The highest BCUT2D eigenvalue weighted by atomic mass is 16.2. The van der Waals surface area contributed by atoms with E-state index in [0.717, 1.165) is 5.69 Å². The predicted octanol–water partition coefficient (Wildman–Crippen LogP) is 3.58. The third-order valence-corrected chi connectivity index (χ3v) is 4.37. The molecule has 0 radical (unpaired) electrons. The average molecular weight is 347 g/mol. The van der Waals surface area contributed by atoms with E-state index in [4.69, 9.17) is 0 Å². The number of benzene rings is 2. The Labute approximate surface area is 153 Å². The number of hydrogen-bond donors (Lipinski definition) is 0. The Hall–Kier alpha value is -3.34. The van der Waals surface area contributed by atoms with E-state index in [2.05, 4.69) is 0 Å². The van der Waals surface area contributed by atoms with Crippen LogP contribution in [0.15, 0.2) is 72.9 Å². The zero-order chi connectivity index (χ0) is 18.7. The van der Waals surface area contributed by atoms with Crippen molar-refractivity contribution in [2.75, 3.05) is 23.9 Å². The van der Waals surface area contributed by atoms with Gasteiger partial charge in [0.1, 0.15) is 5.69 Å². The molecule has 0 N–H and O–H groups in total. The van der Waals surface area contributed by atoms with E-state index >= 15 is 0 Å². The van der Waals surface area contributed by atoms with Crippen molar-refractivity contribution in [2.24, 2.45) is 7.05 Å². The first kappa shape index (κ1) is 17.5. The smallest absolute Gasteiger partial charge is 0.274 e. The predicted molar refractivity (Wildman–Crippen MR) is 104 cm³/mol. The molecule has 26 heavy (non-hydrogen) atoms. The number of aromatic nitrogens is 1. The molecule has 1 aromatic heterocycles. The van der Waals surface area contributed by atoms with Gasteiger partial charge in [-0.2, -0.15) is 0 Å². The van der Waals surface area contributed by atoms with Crippen LogP contribution in [0.5, 0.6) is 0 Å². The van der Waals surface area contributed by atoms with Crippen LogP contribution in [0.25, 0.3) is 0 Å². The monoisotopic (exact) mass is 347 g/mol. The van der Waals surface area contributed by atoms with Gasteiger partial charge in [0.15, 0.2) is 0 Å². The second-order valence-corrected chi connectivity index (χ2v) is 6.12. The van der Waals surface area contributed by atoms with Gasteiger partial charge in [0.25, 0.3) is 11.8 Å². The molecule has 0 atom stereocenters. The van der Waals surface area contributed by atoms with E-state index in [-0.39, 0.29) is 11.8 Å². The molecule has 0 saturated carbocycles. The molecule has 0 fully saturated rings. The number of amides is 2. The number of hydrogen-bond acceptors (Lipinski definition) is 2. The minimum atomic E-state index is -0.134. The van der Waals surface area contributed by atoms with Crippen LogP contribution in [0.1, 0.15) is 20.8 Å². The largest absolute Gasteiger partial charge is 0.344 e. The summed E-state index contributed by atoms with van der Waals surface area (Å²) in [5.41, 5.74) is 2.60. The highest BCUT2D eigenvalue weighted by Crippen LogP contribution is 2.22. The van der Waals surface area contributed by atoms with Gasteiger partial charge in [-0.3, -0.25) is 9.59 Å². The molecule has 0 aliphatic heterocycles. The first-order chi connectivity index (χ1) is 12.5. The molecule has 132 valence electrons. The minimum absolute atomic E-state index is 0.119. The van der Waals surface area contributed by atoms with Crippen LogP contribution in [0, 0.1) is 0 Å². The van der Waals surface area contributed by atoms with Gasteiger partial charge in [-0.1, -0.05) is 36.4 Å². The summed E-state index contributed by atoms with van der Waals surface area (Å²) in [5, 5.41) is 0. The molecule has 0 saturated heterocycles. The SMILES string of the molecule is CN(C(=O)c1ccccc1)c1cc(C(=O)N(C)c2ccccc2)n(C)c1. The number of rotatable bonds is 4. The van der Waals surface area contributed by atoms with Crippen molar-refractivity contribution in [3.05, 3.63) is 84.2 Å². The number of carbonyl (C=O) groups excluding carboxylic acids is 2. The maximum absolute atomic E-state index is 12.8. The highest BCUT2D eigenvalue weighted by Gasteiger charge is 2.21. The zero-order valence-electron chi connectivity index (χ0n) is 15.1. The van der Waals surface area contributed by atoms with Crippen molar-refractivity contribution in [1.82, 2.24) is 4.57 Å². The van der Waals surface area contributed by atoms with Crippen LogP contribution in [-0.2, 0) is 7.05 Å². The lowest BCUT2D eigenvalue weighted by atomic mass is 10.2. The lowest BCUT2D eigenvalue weighted by Gasteiger charge is -2.17. The molecule has 0 unspecified atom stereocenters. The molecule has 2 aromatic carbocycles. The van der Waals surface area contributed by atoms with Crippen molar-refractivity contribution < 1.29 is 9.59 Å². The fourth-order valence-corrected chi connectivity index (χ4v) is 2.78. The number of anilines is 2. The van der Waals surface area contributed by atoms with E-state index in [1.54, 1.807) is 59.9 Å². The molecule has 0 spiro atoms. The van der Waals surface area contributed by atoms with Crippen molar-refractivity contribution in [1.29, 1.82) is 0 Å². The number of para-hydroxylation sites is 1. The first-order valence-corrected chi connectivity index (χ1v) is 8.31. The van der Waals surface area contributed by atoms with Gasteiger partial charge in [-0.05, 0) is 30.3 Å². The number of carbonyl (C=O) groups is 2. The molecule has 0 aliphatic rings. The normalized spacial score (nSPS) is 10.4. The minimum Gasteiger partial charge on any atom is -0.344 e. The standard InChI is InChI=1S/C21H21N3O2/c1-22-15-18(24(3)20(25)16-10-6-4-7-11-16)14-19(22)21(26)23(2)17-12-8-5-9-13-17/h4-15H,1-3H3. The molecule has 5 heteroatoms. The van der Waals surface area contributed by atoms with Crippen LogP contribution in [0.2, 0.25) is 0 Å². The van der Waals surface area contributed by atoms with Gasteiger partial charge in [-0.15, -0.1) is 0 Å². The molecule has 5 nitrogen and oxygen atoms in total. The quantitative estimate of drug-likeness (QED) is 0.724. The maximum Gasteiger partial charge on any atom is 0.274 e. The second kappa shape index (κ2) is 7.27. The molecule has 1 heterocycles. The third kappa shape index (κ3) is 3.37. The number of aryl methyl sites for hydroxylation is 1. The molecular weight excluding hydrogens is 326 g/mol. The van der Waals surface area contributed by atoms with Crippen LogP contribution in [-0.4, -0.2) is 30.5 Å². The Morgan fingerprint density at radius 1 is 0.769 bits per heavy atom. The molecule has 3 aromatic rings. The third-order valence-electron chi connectivity index (χ3n) is 4.37. The lowest BCUT2D eigenvalue weighted by Crippen LogP contribution is -2.28. The fourth-order valence-electron chi connectivity index (χ4n) is 2.78. The van der Waals surface area contributed by atoms with E-state index < -0.39 is 0 Å². The Morgan fingerprint density at radius 3 is 1.92 bits per heavy atom. The average Bonchev–Trinajstić information content (AvgIpc) is 3.08. The van der Waals surface area contributed by atoms with E-state index in [1.165, 1.54) is 0 Å². The molecule has 0 aliphatic carbocycles. The Morgan fingerprint density at radius 2 is 1.31 bits per heavy atom. The fraction of sp³-hybridized carbons (Fsp3) is 0.143.